The zero-order valence-corrected chi connectivity index (χ0v) is 10.3. The fourth-order valence-electron chi connectivity index (χ4n) is 0.768. The molecule has 0 aliphatic heterocycles. The molecule has 1 aromatic rings. The van der Waals surface area contributed by atoms with Crippen LogP contribution in [0, 0.1) is 0 Å². The van der Waals surface area contributed by atoms with Crippen LogP contribution in [0.2, 0.25) is 0 Å². The second-order valence-electron chi connectivity index (χ2n) is 2.71. The molecular formula is C9H6Cl4FN. The summed E-state index contributed by atoms with van der Waals surface area (Å²) >= 11 is 21.2. The first-order chi connectivity index (χ1) is 6.83. The van der Waals surface area contributed by atoms with Crippen LogP contribution in [0.15, 0.2) is 35.3 Å². The summed E-state index contributed by atoms with van der Waals surface area (Å²) in [6.45, 7) is 0. The van der Waals surface area contributed by atoms with Crippen molar-refractivity contribution < 1.29 is 4.39 Å². The third kappa shape index (κ3) is 3.80. The fraction of sp³-hybridized carbons (Fsp3) is 0.222. The minimum absolute atomic E-state index is 0.709. The number of rotatable bonds is 3. The molecule has 0 saturated carbocycles. The van der Waals surface area contributed by atoms with E-state index in [0.717, 1.165) is 0 Å². The normalized spacial score (nSPS) is 13.4. The van der Waals surface area contributed by atoms with Gasteiger partial charge >= 0.3 is 4.59 Å². The van der Waals surface area contributed by atoms with Crippen molar-refractivity contribution in [3.63, 3.8) is 0 Å². The predicted octanol–water partition coefficient (Wildman–Crippen LogP) is 4.34. The molecule has 0 spiro atoms. The smallest absolute Gasteiger partial charge is 0.249 e. The molecule has 0 N–H and O–H groups in total. The average Bonchev–Trinajstić information content (AvgIpc) is 2.15. The van der Waals surface area contributed by atoms with E-state index in [1.807, 2.05) is 6.07 Å². The SMILES string of the molecule is FC(Cl)(Cl)C(Cl)(Cl)/N=C/c1ccccc1. The van der Waals surface area contributed by atoms with E-state index in [4.69, 9.17) is 46.4 Å². The lowest BCUT2D eigenvalue weighted by Gasteiger charge is -2.20. The van der Waals surface area contributed by atoms with Crippen molar-refractivity contribution >= 4 is 52.6 Å². The molecule has 0 aliphatic rings. The molecule has 0 fully saturated rings. The maximum Gasteiger partial charge on any atom is 0.310 e. The summed E-state index contributed by atoms with van der Waals surface area (Å²) in [4.78, 5) is 3.56. The highest BCUT2D eigenvalue weighted by Crippen LogP contribution is 2.44. The van der Waals surface area contributed by atoms with E-state index < -0.39 is 9.04 Å². The van der Waals surface area contributed by atoms with Gasteiger partial charge in [-0.05, 0) is 5.56 Å². The molecule has 0 radical (unpaired) electrons. The first kappa shape index (κ1) is 13.0. The van der Waals surface area contributed by atoms with Crippen LogP contribution in [0.3, 0.4) is 0 Å². The molecule has 0 saturated heterocycles. The molecule has 0 atom stereocenters. The third-order valence-electron chi connectivity index (χ3n) is 1.52. The Hall–Kier alpha value is -0.0200. The fourth-order valence-corrected chi connectivity index (χ4v) is 0.963. The highest BCUT2D eigenvalue weighted by molar-refractivity contribution is 6.61. The Morgan fingerprint density at radius 3 is 2.07 bits per heavy atom. The second-order valence-corrected chi connectivity index (χ2v) is 5.23. The molecule has 1 rings (SSSR count). The van der Waals surface area contributed by atoms with Gasteiger partial charge in [0.1, 0.15) is 0 Å². The average molecular weight is 289 g/mol. The number of aliphatic imine (C=N–C) groups is 1. The standard InChI is InChI=1S/C9H6Cl4FN/c10-8(11,14)9(12,13)15-6-7-4-2-1-3-5-7/h1-6H/b15-6+. The predicted molar refractivity (Wildman–Crippen MR) is 64.0 cm³/mol. The summed E-state index contributed by atoms with van der Waals surface area (Å²) in [5, 5.41) is 0. The Balaban J connectivity index is 2.83. The highest BCUT2D eigenvalue weighted by atomic mass is 35.5. The first-order valence-corrected chi connectivity index (χ1v) is 5.39. The summed E-state index contributed by atoms with van der Waals surface area (Å²) in [5.74, 6) is 0. The number of nitrogens with zero attached hydrogens (tertiary/aromatic N) is 1. The number of benzene rings is 1. The molecule has 15 heavy (non-hydrogen) atoms. The summed E-state index contributed by atoms with van der Waals surface area (Å²) in [7, 11) is 0. The van der Waals surface area contributed by atoms with Gasteiger partial charge in [0, 0.05) is 6.21 Å². The molecule has 0 aliphatic carbocycles. The monoisotopic (exact) mass is 287 g/mol. The highest BCUT2D eigenvalue weighted by Gasteiger charge is 2.47. The van der Waals surface area contributed by atoms with Gasteiger partial charge in [0.15, 0.2) is 0 Å². The van der Waals surface area contributed by atoms with E-state index in [-0.39, 0.29) is 0 Å². The summed E-state index contributed by atoms with van der Waals surface area (Å²) in [6.07, 6.45) is 1.29. The Morgan fingerprint density at radius 1 is 1.07 bits per heavy atom. The number of hydrogen-bond acceptors (Lipinski definition) is 1. The van der Waals surface area contributed by atoms with Gasteiger partial charge in [-0.2, -0.15) is 0 Å². The summed E-state index contributed by atoms with van der Waals surface area (Å²) in [6, 6.07) is 8.89. The Morgan fingerprint density at radius 2 is 1.60 bits per heavy atom. The minimum atomic E-state index is -2.85. The van der Waals surface area contributed by atoms with Gasteiger partial charge in [0.05, 0.1) is 0 Å². The van der Waals surface area contributed by atoms with Crippen molar-refractivity contribution in [1.29, 1.82) is 0 Å². The molecule has 0 bridgehead atoms. The van der Waals surface area contributed by atoms with E-state index in [1.165, 1.54) is 6.21 Å². The van der Waals surface area contributed by atoms with Crippen LogP contribution in [0.1, 0.15) is 5.56 Å². The molecular weight excluding hydrogens is 283 g/mol. The molecule has 82 valence electrons. The van der Waals surface area contributed by atoms with Crippen LogP contribution in [-0.2, 0) is 0 Å². The van der Waals surface area contributed by atoms with Gasteiger partial charge in [-0.3, -0.25) is 0 Å². The molecule has 0 aromatic heterocycles. The van der Waals surface area contributed by atoms with Crippen LogP contribution in [-0.4, -0.2) is 15.3 Å². The van der Waals surface area contributed by atoms with Gasteiger partial charge in [0.25, 0.3) is 4.46 Å². The van der Waals surface area contributed by atoms with Crippen molar-refractivity contribution in [2.24, 2.45) is 4.99 Å². The number of halogens is 5. The Kier molecular flexibility index (Phi) is 4.24. The van der Waals surface area contributed by atoms with Crippen molar-refractivity contribution in [2.75, 3.05) is 0 Å². The molecule has 6 heteroatoms. The number of hydrogen-bond donors (Lipinski definition) is 0. The largest absolute Gasteiger partial charge is 0.310 e. The lowest BCUT2D eigenvalue weighted by atomic mass is 10.2. The van der Waals surface area contributed by atoms with Crippen molar-refractivity contribution in [1.82, 2.24) is 0 Å². The second kappa shape index (κ2) is 4.88. The Labute approximate surface area is 107 Å². The zero-order valence-electron chi connectivity index (χ0n) is 7.30. The van der Waals surface area contributed by atoms with Crippen molar-refractivity contribution in [3.05, 3.63) is 35.9 Å². The lowest BCUT2D eigenvalue weighted by molar-refractivity contribution is 0.361. The van der Waals surface area contributed by atoms with Crippen molar-refractivity contribution in [3.8, 4) is 0 Å². The molecule has 1 aromatic carbocycles. The van der Waals surface area contributed by atoms with Crippen LogP contribution >= 0.6 is 46.4 Å². The van der Waals surface area contributed by atoms with Crippen LogP contribution < -0.4 is 0 Å². The lowest BCUT2D eigenvalue weighted by Crippen LogP contribution is -2.29. The zero-order chi connectivity index (χ0) is 11.5. The first-order valence-electron chi connectivity index (χ1n) is 3.88. The summed E-state index contributed by atoms with van der Waals surface area (Å²) < 4.78 is 7.95. The quantitative estimate of drug-likeness (QED) is 0.446. The molecule has 0 heterocycles. The van der Waals surface area contributed by atoms with E-state index >= 15 is 0 Å². The third-order valence-corrected chi connectivity index (χ3v) is 3.17. The van der Waals surface area contributed by atoms with E-state index in [9.17, 15) is 4.39 Å². The van der Waals surface area contributed by atoms with E-state index in [2.05, 4.69) is 4.99 Å². The van der Waals surface area contributed by atoms with Crippen LogP contribution in [0.25, 0.3) is 0 Å². The van der Waals surface area contributed by atoms with Crippen LogP contribution in [0.5, 0.6) is 0 Å². The van der Waals surface area contributed by atoms with Gasteiger partial charge in [-0.1, -0.05) is 76.7 Å². The molecule has 0 amide bonds. The van der Waals surface area contributed by atoms with Gasteiger partial charge in [0.2, 0.25) is 0 Å². The van der Waals surface area contributed by atoms with Crippen molar-refractivity contribution in [2.45, 2.75) is 9.04 Å². The van der Waals surface area contributed by atoms with Crippen LogP contribution in [0.4, 0.5) is 4.39 Å². The Bertz CT molecular complexity index is 345. The maximum absolute atomic E-state index is 13.0. The van der Waals surface area contributed by atoms with E-state index in [1.54, 1.807) is 24.3 Å². The molecule has 0 unspecified atom stereocenters. The van der Waals surface area contributed by atoms with E-state index in [0.29, 0.717) is 5.56 Å². The summed E-state index contributed by atoms with van der Waals surface area (Å²) in [5.41, 5.74) is 0.709. The number of alkyl halides is 5. The topological polar surface area (TPSA) is 12.4 Å². The molecule has 1 nitrogen and oxygen atoms in total. The van der Waals surface area contributed by atoms with Gasteiger partial charge in [-0.25, -0.2) is 9.38 Å². The maximum atomic E-state index is 13.0. The minimum Gasteiger partial charge on any atom is -0.249 e. The van der Waals surface area contributed by atoms with Gasteiger partial charge in [-0.15, -0.1) is 0 Å². The van der Waals surface area contributed by atoms with Gasteiger partial charge < -0.3 is 0 Å².